The lowest BCUT2D eigenvalue weighted by Crippen LogP contribution is -2.23. The van der Waals surface area contributed by atoms with Gasteiger partial charge in [-0.2, -0.15) is 0 Å². The monoisotopic (exact) mass is 344 g/mol. The molecule has 0 amide bonds. The Morgan fingerprint density at radius 1 is 1.25 bits per heavy atom. The molecule has 1 aromatic heterocycles. The molecule has 1 aliphatic rings. The van der Waals surface area contributed by atoms with Crippen LogP contribution in [-0.4, -0.2) is 31.5 Å². The third kappa shape index (κ3) is 3.21. The number of ether oxygens (including phenoxy) is 2. The van der Waals surface area contributed by atoms with Crippen molar-refractivity contribution in [3.63, 3.8) is 0 Å². The van der Waals surface area contributed by atoms with E-state index < -0.39 is 0 Å². The summed E-state index contributed by atoms with van der Waals surface area (Å²) in [6.45, 7) is 0.750. The molecule has 0 saturated heterocycles. The molecule has 24 heavy (non-hydrogen) atoms. The van der Waals surface area contributed by atoms with Gasteiger partial charge in [0.05, 0.1) is 14.2 Å². The minimum atomic E-state index is -0.135. The fourth-order valence-corrected chi connectivity index (χ4v) is 2.78. The molecule has 0 unspecified atom stereocenters. The highest BCUT2D eigenvalue weighted by Crippen LogP contribution is 2.34. The number of methoxy groups -OCH3 is 2. The van der Waals surface area contributed by atoms with Crippen molar-refractivity contribution in [2.75, 3.05) is 20.8 Å². The molecule has 0 aliphatic carbocycles. The van der Waals surface area contributed by atoms with Gasteiger partial charge in [0.2, 0.25) is 0 Å². The van der Waals surface area contributed by atoms with Crippen LogP contribution < -0.4 is 14.8 Å². The number of halogens is 1. The molecule has 1 aromatic carbocycles. The van der Waals surface area contributed by atoms with Crippen molar-refractivity contribution in [1.29, 1.82) is 0 Å². The maximum absolute atomic E-state index is 12.5. The molecule has 124 valence electrons. The Morgan fingerprint density at radius 2 is 2.00 bits per heavy atom. The summed E-state index contributed by atoms with van der Waals surface area (Å²) in [5, 5.41) is 3.63. The van der Waals surface area contributed by atoms with Gasteiger partial charge in [-0.3, -0.25) is 4.79 Å². The first-order valence-corrected chi connectivity index (χ1v) is 7.87. The van der Waals surface area contributed by atoms with Gasteiger partial charge in [-0.15, -0.1) is 0 Å². The van der Waals surface area contributed by atoms with Crippen molar-refractivity contribution in [3.8, 4) is 11.5 Å². The number of carbonyl (C=O) groups is 1. The van der Waals surface area contributed by atoms with Crippen LogP contribution in [0.2, 0.25) is 5.15 Å². The maximum atomic E-state index is 12.5. The van der Waals surface area contributed by atoms with Crippen LogP contribution in [0.25, 0.3) is 5.70 Å². The van der Waals surface area contributed by atoms with Gasteiger partial charge in [0.25, 0.3) is 0 Å². The van der Waals surface area contributed by atoms with Crippen molar-refractivity contribution in [3.05, 3.63) is 58.4 Å². The van der Waals surface area contributed by atoms with Gasteiger partial charge in [0.15, 0.2) is 17.3 Å². The number of aromatic nitrogens is 1. The Labute approximate surface area is 145 Å². The lowest BCUT2D eigenvalue weighted by Gasteiger charge is -2.23. The Hall–Kier alpha value is -2.53. The predicted octanol–water partition coefficient (Wildman–Crippen LogP) is 3.12. The Kier molecular flexibility index (Phi) is 4.71. The highest BCUT2D eigenvalue weighted by Gasteiger charge is 2.19. The van der Waals surface area contributed by atoms with Crippen LogP contribution in [0.1, 0.15) is 21.5 Å². The highest BCUT2D eigenvalue weighted by atomic mass is 35.5. The van der Waals surface area contributed by atoms with E-state index in [0.717, 1.165) is 29.8 Å². The summed E-state index contributed by atoms with van der Waals surface area (Å²) in [6.07, 6.45) is 3.90. The van der Waals surface area contributed by atoms with Gasteiger partial charge in [-0.1, -0.05) is 11.6 Å². The van der Waals surface area contributed by atoms with Crippen LogP contribution in [0.4, 0.5) is 0 Å². The van der Waals surface area contributed by atoms with E-state index in [-0.39, 0.29) is 5.78 Å². The van der Waals surface area contributed by atoms with E-state index in [9.17, 15) is 4.79 Å². The molecule has 6 heteroatoms. The van der Waals surface area contributed by atoms with Gasteiger partial charge in [0.1, 0.15) is 5.15 Å². The summed E-state index contributed by atoms with van der Waals surface area (Å²) < 4.78 is 10.7. The van der Waals surface area contributed by atoms with Crippen molar-refractivity contribution in [2.45, 2.75) is 6.42 Å². The predicted molar refractivity (Wildman–Crippen MR) is 92.8 cm³/mol. The summed E-state index contributed by atoms with van der Waals surface area (Å²) in [5.74, 6) is 1.18. The number of rotatable bonds is 4. The Morgan fingerprint density at radius 3 is 2.67 bits per heavy atom. The Balaban J connectivity index is 1.99. The molecule has 2 heterocycles. The summed E-state index contributed by atoms with van der Waals surface area (Å²) in [6, 6.07) is 7.10. The molecule has 0 radical (unpaired) electrons. The number of benzene rings is 1. The zero-order chi connectivity index (χ0) is 17.1. The minimum absolute atomic E-state index is 0.135. The average Bonchev–Trinajstić information content (AvgIpc) is 2.61. The van der Waals surface area contributed by atoms with Crippen LogP contribution in [0.3, 0.4) is 0 Å². The second-order valence-electron chi connectivity index (χ2n) is 5.33. The van der Waals surface area contributed by atoms with Crippen LogP contribution >= 0.6 is 11.6 Å². The normalized spacial score (nSPS) is 14.7. The smallest absolute Gasteiger partial charge is 0.189 e. The van der Waals surface area contributed by atoms with Crippen LogP contribution in [-0.2, 0) is 6.42 Å². The van der Waals surface area contributed by atoms with E-state index in [2.05, 4.69) is 10.3 Å². The number of hydrogen-bond acceptors (Lipinski definition) is 5. The number of hydrogen-bond donors (Lipinski definition) is 1. The van der Waals surface area contributed by atoms with Crippen molar-refractivity contribution >= 4 is 23.1 Å². The lowest BCUT2D eigenvalue weighted by molar-refractivity contribution is 0.104. The minimum Gasteiger partial charge on any atom is -0.493 e. The van der Waals surface area contributed by atoms with Gasteiger partial charge in [-0.25, -0.2) is 4.98 Å². The molecule has 5 nitrogen and oxygen atoms in total. The Bertz CT molecular complexity index is 801. The molecule has 1 N–H and O–H groups in total. The molecule has 1 aliphatic heterocycles. The largest absolute Gasteiger partial charge is 0.493 e. The summed E-state index contributed by atoms with van der Waals surface area (Å²) in [5.41, 5.74) is 3.30. The fraction of sp³-hybridized carbons (Fsp3) is 0.222. The SMILES string of the molecule is COc1cc2c(cc1OC)C(=CC(=O)c1ccc(Cl)nc1)NCC2. The van der Waals surface area contributed by atoms with Gasteiger partial charge in [-0.05, 0) is 36.2 Å². The average molecular weight is 345 g/mol. The van der Waals surface area contributed by atoms with Gasteiger partial charge in [0, 0.05) is 35.6 Å². The standard InChI is InChI=1S/C18H17ClN2O3/c1-23-16-7-11-5-6-20-14(13(11)8-17(16)24-2)9-15(22)12-3-4-18(19)21-10-12/h3-4,7-10,20H,5-6H2,1-2H3. The van der Waals surface area contributed by atoms with Crippen LogP contribution in [0, 0.1) is 0 Å². The third-order valence-electron chi connectivity index (χ3n) is 3.90. The first-order valence-electron chi connectivity index (χ1n) is 7.49. The number of ketones is 1. The van der Waals surface area contributed by atoms with Crippen LogP contribution in [0.5, 0.6) is 11.5 Å². The molecular formula is C18H17ClN2O3. The number of allylic oxidation sites excluding steroid dienone is 1. The molecular weight excluding hydrogens is 328 g/mol. The summed E-state index contributed by atoms with van der Waals surface area (Å²) in [7, 11) is 3.20. The van der Waals surface area contributed by atoms with E-state index in [1.165, 1.54) is 6.20 Å². The molecule has 0 saturated carbocycles. The molecule has 0 bridgehead atoms. The third-order valence-corrected chi connectivity index (χ3v) is 4.12. The topological polar surface area (TPSA) is 60.5 Å². The highest BCUT2D eigenvalue weighted by molar-refractivity contribution is 6.29. The van der Waals surface area contributed by atoms with Gasteiger partial charge < -0.3 is 14.8 Å². The van der Waals surface area contributed by atoms with E-state index in [1.807, 2.05) is 12.1 Å². The van der Waals surface area contributed by atoms with E-state index >= 15 is 0 Å². The molecule has 0 fully saturated rings. The molecule has 0 atom stereocenters. The van der Waals surface area contributed by atoms with E-state index in [0.29, 0.717) is 22.2 Å². The number of fused-ring (bicyclic) bond motifs is 1. The van der Waals surface area contributed by atoms with Crippen LogP contribution in [0.15, 0.2) is 36.5 Å². The van der Waals surface area contributed by atoms with Crippen molar-refractivity contribution in [2.24, 2.45) is 0 Å². The van der Waals surface area contributed by atoms with E-state index in [4.69, 9.17) is 21.1 Å². The number of nitrogens with one attached hydrogen (secondary N) is 1. The number of carbonyl (C=O) groups excluding carboxylic acids is 1. The quantitative estimate of drug-likeness (QED) is 0.524. The second-order valence-corrected chi connectivity index (χ2v) is 5.72. The lowest BCUT2D eigenvalue weighted by atomic mass is 9.96. The number of pyridine rings is 1. The van der Waals surface area contributed by atoms with Gasteiger partial charge >= 0.3 is 0 Å². The summed E-state index contributed by atoms with van der Waals surface area (Å²) in [4.78, 5) is 16.4. The van der Waals surface area contributed by atoms with Crippen molar-refractivity contribution in [1.82, 2.24) is 10.3 Å². The first kappa shape index (κ1) is 16.3. The molecule has 2 aromatic rings. The second kappa shape index (κ2) is 6.93. The van der Waals surface area contributed by atoms with Crippen molar-refractivity contribution < 1.29 is 14.3 Å². The van der Waals surface area contributed by atoms with E-state index in [1.54, 1.807) is 32.4 Å². The maximum Gasteiger partial charge on any atom is 0.189 e. The fourth-order valence-electron chi connectivity index (χ4n) is 2.67. The molecule has 3 rings (SSSR count). The first-order chi connectivity index (χ1) is 11.6. The zero-order valence-electron chi connectivity index (χ0n) is 13.4. The number of nitrogens with zero attached hydrogens (tertiary/aromatic N) is 1. The summed E-state index contributed by atoms with van der Waals surface area (Å²) >= 11 is 5.76. The zero-order valence-corrected chi connectivity index (χ0v) is 14.2. The molecule has 0 spiro atoms.